The first-order valence-electron chi connectivity index (χ1n) is 3.49. The number of carbonyl (C=O) groups excluding carboxylic acids is 1. The van der Waals surface area contributed by atoms with Crippen LogP contribution in [0.4, 0.5) is 0 Å². The monoisotopic (exact) mass is 135 g/mol. The largest absolute Gasteiger partial charge is 0.361 e. The molecule has 0 aliphatic carbocycles. The second kappa shape index (κ2) is 1.97. The fraction of sp³-hybridized carbons (Fsp3) is 0.375. The zero-order valence-corrected chi connectivity index (χ0v) is 5.71. The fourth-order valence-electron chi connectivity index (χ4n) is 1.36. The van der Waals surface area contributed by atoms with Crippen molar-refractivity contribution in [3.8, 4) is 0 Å². The Morgan fingerprint density at radius 3 is 3.30 bits per heavy atom. The summed E-state index contributed by atoms with van der Waals surface area (Å²) in [5, 5.41) is 0. The highest BCUT2D eigenvalue weighted by molar-refractivity contribution is 5.83. The molecule has 2 aliphatic rings. The van der Waals surface area contributed by atoms with E-state index in [9.17, 15) is 4.79 Å². The van der Waals surface area contributed by atoms with E-state index < -0.39 is 0 Å². The lowest BCUT2D eigenvalue weighted by molar-refractivity contribution is -0.119. The molecule has 52 valence electrons. The number of hydrogen-bond donors (Lipinski definition) is 0. The van der Waals surface area contributed by atoms with Gasteiger partial charge in [0, 0.05) is 18.7 Å². The van der Waals surface area contributed by atoms with Crippen molar-refractivity contribution in [3.05, 3.63) is 23.9 Å². The van der Waals surface area contributed by atoms with E-state index in [-0.39, 0.29) is 0 Å². The van der Waals surface area contributed by atoms with Crippen LogP contribution in [0.15, 0.2) is 23.9 Å². The number of ketones is 1. The maximum Gasteiger partial charge on any atom is 0.155 e. The molecule has 2 rings (SSSR count). The third kappa shape index (κ3) is 0.764. The average molecular weight is 135 g/mol. The van der Waals surface area contributed by atoms with E-state index in [1.54, 1.807) is 0 Å². The second-order valence-electron chi connectivity index (χ2n) is 2.65. The first kappa shape index (κ1) is 5.71. The molecular weight excluding hydrogens is 126 g/mol. The molecular formula is C8H9NO. The van der Waals surface area contributed by atoms with Crippen molar-refractivity contribution >= 4 is 5.78 Å². The van der Waals surface area contributed by atoms with E-state index in [2.05, 4.69) is 17.1 Å². The Balaban J connectivity index is 2.25. The third-order valence-electron chi connectivity index (χ3n) is 1.89. The summed E-state index contributed by atoms with van der Waals surface area (Å²) >= 11 is 0. The zero-order chi connectivity index (χ0) is 6.97. The predicted octanol–water partition coefficient (Wildman–Crippen LogP) is 0.715. The quantitative estimate of drug-likeness (QED) is 0.487. The minimum absolute atomic E-state index is 0.326. The Kier molecular flexibility index (Phi) is 1.13. The van der Waals surface area contributed by atoms with E-state index in [1.165, 1.54) is 5.70 Å². The highest BCUT2D eigenvalue weighted by Gasteiger charge is 2.18. The van der Waals surface area contributed by atoms with Crippen LogP contribution >= 0.6 is 0 Å². The summed E-state index contributed by atoms with van der Waals surface area (Å²) in [5.74, 6) is 0.326. The topological polar surface area (TPSA) is 20.3 Å². The van der Waals surface area contributed by atoms with Gasteiger partial charge in [0.15, 0.2) is 5.78 Å². The summed E-state index contributed by atoms with van der Waals surface area (Å²) in [5.41, 5.74) is 1.22. The molecule has 0 unspecified atom stereocenters. The maximum absolute atomic E-state index is 10.9. The van der Waals surface area contributed by atoms with Gasteiger partial charge >= 0.3 is 0 Å². The van der Waals surface area contributed by atoms with Gasteiger partial charge in [-0.2, -0.15) is 0 Å². The molecule has 0 aromatic carbocycles. The fourth-order valence-corrected chi connectivity index (χ4v) is 1.36. The molecule has 0 bridgehead atoms. The number of nitrogens with zero attached hydrogens (tertiary/aromatic N) is 1. The van der Waals surface area contributed by atoms with Crippen LogP contribution in [0.2, 0.25) is 0 Å². The van der Waals surface area contributed by atoms with Gasteiger partial charge in [-0.15, -0.1) is 0 Å². The summed E-state index contributed by atoms with van der Waals surface area (Å²) in [6, 6.07) is 0. The average Bonchev–Trinajstić information content (AvgIpc) is 2.33. The molecule has 0 saturated carbocycles. The van der Waals surface area contributed by atoms with Crippen molar-refractivity contribution < 1.29 is 4.79 Å². The number of rotatable bonds is 0. The van der Waals surface area contributed by atoms with Gasteiger partial charge in [-0.1, -0.05) is 12.2 Å². The molecule has 0 atom stereocenters. The Bertz CT molecular complexity index is 227. The number of fused-ring (bicyclic) bond motifs is 1. The number of Topliss-reactive ketones (excluding diaryl/α,β-unsaturated/α-hetero) is 1. The molecule has 0 saturated heterocycles. The van der Waals surface area contributed by atoms with Crippen LogP contribution in [0.1, 0.15) is 6.42 Å². The Labute approximate surface area is 59.8 Å². The van der Waals surface area contributed by atoms with E-state index in [0.29, 0.717) is 18.7 Å². The summed E-state index contributed by atoms with van der Waals surface area (Å²) < 4.78 is 0. The van der Waals surface area contributed by atoms with Crippen molar-refractivity contribution in [1.82, 2.24) is 4.90 Å². The second-order valence-corrected chi connectivity index (χ2v) is 2.65. The van der Waals surface area contributed by atoms with Crippen LogP contribution < -0.4 is 0 Å². The molecule has 0 spiro atoms. The Morgan fingerprint density at radius 2 is 2.40 bits per heavy atom. The van der Waals surface area contributed by atoms with Gasteiger partial charge in [-0.25, -0.2) is 0 Å². The maximum atomic E-state index is 10.9. The Morgan fingerprint density at radius 1 is 1.50 bits per heavy atom. The molecule has 2 aliphatic heterocycles. The molecule has 0 N–H and O–H groups in total. The molecule has 2 heteroatoms. The minimum Gasteiger partial charge on any atom is -0.361 e. The first-order chi connectivity index (χ1) is 4.86. The van der Waals surface area contributed by atoms with Crippen molar-refractivity contribution in [2.24, 2.45) is 0 Å². The van der Waals surface area contributed by atoms with Crippen molar-refractivity contribution in [2.75, 3.05) is 13.1 Å². The summed E-state index contributed by atoms with van der Waals surface area (Å²) in [6.07, 6.45) is 6.78. The van der Waals surface area contributed by atoms with E-state index in [1.807, 2.05) is 6.08 Å². The lowest BCUT2D eigenvalue weighted by atomic mass is 10.1. The van der Waals surface area contributed by atoms with Crippen LogP contribution in [0, 0.1) is 0 Å². The standard InChI is InChI=1S/C8H9NO/c10-8-4-3-7-2-1-5-9(7)6-8/h1-3H,4-6H2. The van der Waals surface area contributed by atoms with Crippen LogP contribution in [-0.2, 0) is 4.79 Å². The number of carbonyl (C=O) groups is 1. The summed E-state index contributed by atoms with van der Waals surface area (Å²) in [4.78, 5) is 13.0. The van der Waals surface area contributed by atoms with Crippen molar-refractivity contribution in [2.45, 2.75) is 6.42 Å². The van der Waals surface area contributed by atoms with Gasteiger partial charge in [-0.05, 0) is 6.08 Å². The van der Waals surface area contributed by atoms with Crippen LogP contribution in [0.3, 0.4) is 0 Å². The lowest BCUT2D eigenvalue weighted by Gasteiger charge is -2.22. The van der Waals surface area contributed by atoms with Crippen LogP contribution in [0.5, 0.6) is 0 Å². The predicted molar refractivity (Wildman–Crippen MR) is 38.4 cm³/mol. The summed E-state index contributed by atoms with van der Waals surface area (Å²) in [7, 11) is 0. The van der Waals surface area contributed by atoms with Gasteiger partial charge in [0.25, 0.3) is 0 Å². The number of hydrogen-bond acceptors (Lipinski definition) is 2. The van der Waals surface area contributed by atoms with Gasteiger partial charge in [0.1, 0.15) is 0 Å². The summed E-state index contributed by atoms with van der Waals surface area (Å²) in [6.45, 7) is 1.52. The van der Waals surface area contributed by atoms with Gasteiger partial charge < -0.3 is 4.90 Å². The van der Waals surface area contributed by atoms with Crippen LogP contribution in [-0.4, -0.2) is 23.8 Å². The first-order valence-corrected chi connectivity index (χ1v) is 3.49. The van der Waals surface area contributed by atoms with E-state index >= 15 is 0 Å². The van der Waals surface area contributed by atoms with Gasteiger partial charge in [0.05, 0.1) is 6.54 Å². The van der Waals surface area contributed by atoms with E-state index in [4.69, 9.17) is 0 Å². The molecule has 2 nitrogen and oxygen atoms in total. The highest BCUT2D eigenvalue weighted by atomic mass is 16.1. The normalized spacial score (nSPS) is 23.0. The van der Waals surface area contributed by atoms with Crippen molar-refractivity contribution in [1.29, 1.82) is 0 Å². The minimum atomic E-state index is 0.326. The molecule has 0 fully saturated rings. The lowest BCUT2D eigenvalue weighted by Crippen LogP contribution is -2.29. The highest BCUT2D eigenvalue weighted by Crippen LogP contribution is 2.17. The molecule has 0 radical (unpaired) electrons. The van der Waals surface area contributed by atoms with Crippen LogP contribution in [0.25, 0.3) is 0 Å². The molecule has 0 amide bonds. The van der Waals surface area contributed by atoms with Gasteiger partial charge in [0.2, 0.25) is 0 Å². The molecule has 0 aromatic heterocycles. The zero-order valence-electron chi connectivity index (χ0n) is 5.71. The SMILES string of the molecule is O=C1CC=C2C=CCN2C1. The van der Waals surface area contributed by atoms with E-state index in [0.717, 1.165) is 6.54 Å². The molecule has 10 heavy (non-hydrogen) atoms. The van der Waals surface area contributed by atoms with Crippen molar-refractivity contribution in [3.63, 3.8) is 0 Å². The number of allylic oxidation sites excluding steroid dienone is 2. The Hall–Kier alpha value is -1.05. The van der Waals surface area contributed by atoms with Gasteiger partial charge in [-0.3, -0.25) is 4.79 Å². The molecule has 2 heterocycles. The molecule has 0 aromatic rings. The smallest absolute Gasteiger partial charge is 0.155 e. The third-order valence-corrected chi connectivity index (χ3v) is 1.89.